The van der Waals surface area contributed by atoms with E-state index in [0.717, 1.165) is 28.0 Å². The average Bonchev–Trinajstić information content (AvgIpc) is 3.29. The predicted octanol–water partition coefficient (Wildman–Crippen LogP) is 4.79. The SMILES string of the molecule is Cc1ccc(C)c(Oc2ccc(CNC(=O)CCc3nc(-c4ccccc4)no3)cn2)c1. The Morgan fingerprint density at radius 2 is 1.91 bits per heavy atom. The molecule has 7 nitrogen and oxygen atoms in total. The lowest BCUT2D eigenvalue weighted by Gasteiger charge is -2.09. The van der Waals surface area contributed by atoms with Crippen LogP contribution in [0.1, 0.15) is 29.0 Å². The van der Waals surface area contributed by atoms with Crippen LogP contribution in [0.25, 0.3) is 11.4 Å². The predicted molar refractivity (Wildman–Crippen MR) is 120 cm³/mol. The molecule has 0 unspecified atom stereocenters. The summed E-state index contributed by atoms with van der Waals surface area (Å²) in [5.74, 6) is 2.17. The number of nitrogens with one attached hydrogen (secondary N) is 1. The number of carbonyl (C=O) groups excluding carboxylic acids is 1. The fraction of sp³-hybridized carbons (Fsp3) is 0.200. The molecule has 0 spiro atoms. The molecular formula is C25H24N4O3. The van der Waals surface area contributed by atoms with Gasteiger partial charge in [0, 0.05) is 37.2 Å². The van der Waals surface area contributed by atoms with Crippen molar-refractivity contribution in [2.24, 2.45) is 0 Å². The van der Waals surface area contributed by atoms with E-state index >= 15 is 0 Å². The van der Waals surface area contributed by atoms with E-state index in [1.165, 1.54) is 0 Å². The summed E-state index contributed by atoms with van der Waals surface area (Å²) in [5.41, 5.74) is 3.94. The summed E-state index contributed by atoms with van der Waals surface area (Å²) in [5, 5.41) is 6.85. The zero-order valence-corrected chi connectivity index (χ0v) is 18.0. The molecule has 32 heavy (non-hydrogen) atoms. The molecular weight excluding hydrogens is 404 g/mol. The molecule has 162 valence electrons. The number of hydrogen-bond donors (Lipinski definition) is 1. The monoisotopic (exact) mass is 428 g/mol. The van der Waals surface area contributed by atoms with Gasteiger partial charge in [-0.15, -0.1) is 0 Å². The maximum Gasteiger partial charge on any atom is 0.227 e. The minimum atomic E-state index is -0.0971. The zero-order chi connectivity index (χ0) is 22.3. The molecule has 7 heteroatoms. The van der Waals surface area contributed by atoms with E-state index in [4.69, 9.17) is 9.26 Å². The van der Waals surface area contributed by atoms with Gasteiger partial charge in [0.2, 0.25) is 23.5 Å². The molecule has 1 N–H and O–H groups in total. The van der Waals surface area contributed by atoms with Gasteiger partial charge >= 0.3 is 0 Å². The van der Waals surface area contributed by atoms with E-state index in [1.807, 2.05) is 68.4 Å². The van der Waals surface area contributed by atoms with Gasteiger partial charge in [0.1, 0.15) is 5.75 Å². The Morgan fingerprint density at radius 3 is 2.69 bits per heavy atom. The van der Waals surface area contributed by atoms with Crippen molar-refractivity contribution in [1.29, 1.82) is 0 Å². The first-order chi connectivity index (χ1) is 15.6. The number of hydrogen-bond acceptors (Lipinski definition) is 6. The Morgan fingerprint density at radius 1 is 1.06 bits per heavy atom. The maximum absolute atomic E-state index is 12.2. The third kappa shape index (κ3) is 5.57. The van der Waals surface area contributed by atoms with Gasteiger partial charge in [0.05, 0.1) is 0 Å². The van der Waals surface area contributed by atoms with E-state index < -0.39 is 0 Å². The maximum atomic E-state index is 12.2. The lowest BCUT2D eigenvalue weighted by Crippen LogP contribution is -2.23. The minimum absolute atomic E-state index is 0.0971. The fourth-order valence-electron chi connectivity index (χ4n) is 3.08. The highest BCUT2D eigenvalue weighted by Crippen LogP contribution is 2.24. The second-order valence-electron chi connectivity index (χ2n) is 7.53. The number of ether oxygens (including phenoxy) is 1. The summed E-state index contributed by atoms with van der Waals surface area (Å²) in [6, 6.07) is 19.3. The van der Waals surface area contributed by atoms with Gasteiger partial charge in [0.15, 0.2) is 0 Å². The first-order valence-electron chi connectivity index (χ1n) is 10.4. The van der Waals surface area contributed by atoms with Crippen molar-refractivity contribution in [2.75, 3.05) is 0 Å². The molecule has 0 aliphatic rings. The molecule has 0 radical (unpaired) electrons. The van der Waals surface area contributed by atoms with Crippen molar-refractivity contribution in [3.05, 3.63) is 89.4 Å². The summed E-state index contributed by atoms with van der Waals surface area (Å²) in [6.45, 7) is 4.40. The molecule has 0 aliphatic carbocycles. The number of benzene rings is 2. The van der Waals surface area contributed by atoms with Crippen LogP contribution in [0.3, 0.4) is 0 Å². The summed E-state index contributed by atoms with van der Waals surface area (Å²) in [4.78, 5) is 20.9. The topological polar surface area (TPSA) is 90.1 Å². The minimum Gasteiger partial charge on any atom is -0.439 e. The lowest BCUT2D eigenvalue weighted by molar-refractivity contribution is -0.121. The van der Waals surface area contributed by atoms with E-state index in [9.17, 15) is 4.79 Å². The molecule has 4 rings (SSSR count). The number of aryl methyl sites for hydroxylation is 3. The van der Waals surface area contributed by atoms with Crippen molar-refractivity contribution in [2.45, 2.75) is 33.2 Å². The molecule has 2 aromatic heterocycles. The number of nitrogens with zero attached hydrogens (tertiary/aromatic N) is 3. The largest absolute Gasteiger partial charge is 0.439 e. The molecule has 0 saturated heterocycles. The third-order valence-corrected chi connectivity index (χ3v) is 4.91. The third-order valence-electron chi connectivity index (χ3n) is 4.91. The van der Waals surface area contributed by atoms with Crippen LogP contribution in [0.15, 0.2) is 71.4 Å². The second-order valence-corrected chi connectivity index (χ2v) is 7.53. The Hall–Kier alpha value is -4.00. The van der Waals surface area contributed by atoms with Crippen molar-refractivity contribution < 1.29 is 14.1 Å². The van der Waals surface area contributed by atoms with Gasteiger partial charge in [-0.2, -0.15) is 4.98 Å². The lowest BCUT2D eigenvalue weighted by atomic mass is 10.1. The van der Waals surface area contributed by atoms with Crippen LogP contribution >= 0.6 is 0 Å². The smallest absolute Gasteiger partial charge is 0.227 e. The van der Waals surface area contributed by atoms with Crippen LogP contribution in [0.5, 0.6) is 11.6 Å². The second kappa shape index (κ2) is 9.87. The van der Waals surface area contributed by atoms with Crippen LogP contribution in [-0.4, -0.2) is 21.0 Å². The molecule has 0 saturated carbocycles. The van der Waals surface area contributed by atoms with Gasteiger partial charge in [-0.3, -0.25) is 4.79 Å². The highest BCUT2D eigenvalue weighted by Gasteiger charge is 2.11. The zero-order valence-electron chi connectivity index (χ0n) is 18.0. The van der Waals surface area contributed by atoms with Gasteiger partial charge < -0.3 is 14.6 Å². The quantitative estimate of drug-likeness (QED) is 0.434. The van der Waals surface area contributed by atoms with Gasteiger partial charge in [-0.25, -0.2) is 4.98 Å². The molecule has 2 aromatic carbocycles. The molecule has 0 fully saturated rings. The Bertz CT molecular complexity index is 1190. The molecule has 2 heterocycles. The van der Waals surface area contributed by atoms with Crippen LogP contribution < -0.4 is 10.1 Å². The number of amides is 1. The van der Waals surface area contributed by atoms with Crippen LogP contribution in [0.4, 0.5) is 0 Å². The Labute approximate surface area is 186 Å². The van der Waals surface area contributed by atoms with Crippen LogP contribution in [0.2, 0.25) is 0 Å². The molecule has 1 amide bonds. The summed E-state index contributed by atoms with van der Waals surface area (Å²) < 4.78 is 11.1. The number of rotatable bonds is 8. The van der Waals surface area contributed by atoms with Gasteiger partial charge in [0.25, 0.3) is 0 Å². The fourth-order valence-corrected chi connectivity index (χ4v) is 3.08. The van der Waals surface area contributed by atoms with Gasteiger partial charge in [-0.05, 0) is 36.6 Å². The molecule has 4 aromatic rings. The first kappa shape index (κ1) is 21.2. The van der Waals surface area contributed by atoms with Crippen molar-refractivity contribution in [3.8, 4) is 23.0 Å². The number of aromatic nitrogens is 3. The first-order valence-corrected chi connectivity index (χ1v) is 10.4. The summed E-state index contributed by atoms with van der Waals surface area (Å²) in [6.07, 6.45) is 2.34. The highest BCUT2D eigenvalue weighted by molar-refractivity contribution is 5.76. The van der Waals surface area contributed by atoms with E-state index in [-0.39, 0.29) is 12.3 Å². The Kier molecular flexibility index (Phi) is 6.55. The van der Waals surface area contributed by atoms with Crippen molar-refractivity contribution in [1.82, 2.24) is 20.4 Å². The van der Waals surface area contributed by atoms with E-state index in [1.54, 1.807) is 12.3 Å². The van der Waals surface area contributed by atoms with Gasteiger partial charge in [-0.1, -0.05) is 53.7 Å². The highest BCUT2D eigenvalue weighted by atomic mass is 16.5. The summed E-state index contributed by atoms with van der Waals surface area (Å²) >= 11 is 0. The number of carbonyl (C=O) groups is 1. The van der Waals surface area contributed by atoms with Crippen LogP contribution in [-0.2, 0) is 17.8 Å². The Balaban J connectivity index is 1.24. The molecule has 0 bridgehead atoms. The average molecular weight is 428 g/mol. The summed E-state index contributed by atoms with van der Waals surface area (Å²) in [7, 11) is 0. The molecule has 0 aliphatic heterocycles. The standard InChI is InChI=1S/C25H24N4O3/c1-17-8-9-18(2)21(14-17)31-23-12-10-19(16-27-23)15-26-22(30)11-13-24-28-25(29-32-24)20-6-4-3-5-7-20/h3-10,12,14,16H,11,13,15H2,1-2H3,(H,26,30). The van der Waals surface area contributed by atoms with E-state index in [2.05, 4.69) is 20.4 Å². The van der Waals surface area contributed by atoms with Crippen molar-refractivity contribution in [3.63, 3.8) is 0 Å². The normalized spacial score (nSPS) is 10.7. The molecule has 0 atom stereocenters. The van der Waals surface area contributed by atoms with E-state index in [0.29, 0.717) is 30.6 Å². The number of pyridine rings is 1. The van der Waals surface area contributed by atoms with Crippen LogP contribution in [0, 0.1) is 13.8 Å². The van der Waals surface area contributed by atoms with Crippen molar-refractivity contribution >= 4 is 5.91 Å².